The maximum atomic E-state index is 12.6. The third-order valence-corrected chi connectivity index (χ3v) is 6.49. The van der Waals surface area contributed by atoms with Gasteiger partial charge in [-0.25, -0.2) is 4.98 Å². The zero-order valence-electron chi connectivity index (χ0n) is 16.6. The summed E-state index contributed by atoms with van der Waals surface area (Å²) in [4.78, 5) is 18.2. The van der Waals surface area contributed by atoms with Gasteiger partial charge in [-0.05, 0) is 48.4 Å². The molecule has 0 fully saturated rings. The monoisotopic (exact) mass is 434 g/mol. The Morgan fingerprint density at radius 3 is 2.60 bits per heavy atom. The molecule has 0 aliphatic carbocycles. The van der Waals surface area contributed by atoms with Gasteiger partial charge < -0.3 is 5.32 Å². The lowest BCUT2D eigenvalue weighted by Gasteiger charge is -2.11. The molecule has 2 heterocycles. The number of thioether (sulfide) groups is 1. The Morgan fingerprint density at radius 1 is 1.10 bits per heavy atom. The number of nitrogens with zero attached hydrogens (tertiary/aromatic N) is 3. The van der Waals surface area contributed by atoms with Crippen LogP contribution in [0.25, 0.3) is 0 Å². The average Bonchev–Trinajstić information content (AvgIpc) is 3.43. The van der Waals surface area contributed by atoms with E-state index in [-0.39, 0.29) is 5.91 Å². The van der Waals surface area contributed by atoms with Crippen molar-refractivity contribution in [2.24, 2.45) is 0 Å². The summed E-state index contributed by atoms with van der Waals surface area (Å²) in [5, 5.41) is 10.5. The summed E-state index contributed by atoms with van der Waals surface area (Å²) >= 11 is 3.39. The summed E-state index contributed by atoms with van der Waals surface area (Å²) in [5.74, 6) is 0.763. The minimum atomic E-state index is -0.0735. The molecule has 30 heavy (non-hydrogen) atoms. The van der Waals surface area contributed by atoms with Gasteiger partial charge in [-0.15, -0.1) is 23.1 Å². The van der Waals surface area contributed by atoms with Crippen molar-refractivity contribution >= 4 is 29.0 Å². The van der Waals surface area contributed by atoms with Crippen molar-refractivity contribution in [1.82, 2.24) is 20.1 Å². The van der Waals surface area contributed by atoms with Crippen molar-refractivity contribution in [3.63, 3.8) is 0 Å². The molecule has 0 aliphatic rings. The van der Waals surface area contributed by atoms with Gasteiger partial charge in [0.1, 0.15) is 0 Å². The number of carbonyl (C=O) groups is 1. The number of amides is 1. The van der Waals surface area contributed by atoms with E-state index < -0.39 is 0 Å². The number of hydrogen-bond donors (Lipinski definition) is 1. The van der Waals surface area contributed by atoms with Gasteiger partial charge in [0.2, 0.25) is 0 Å². The van der Waals surface area contributed by atoms with Crippen LogP contribution >= 0.6 is 23.1 Å². The predicted octanol–water partition coefficient (Wildman–Crippen LogP) is 4.92. The summed E-state index contributed by atoms with van der Waals surface area (Å²) in [6, 6.07) is 17.7. The second-order valence-electron chi connectivity index (χ2n) is 6.83. The van der Waals surface area contributed by atoms with Crippen LogP contribution in [0.4, 0.5) is 0 Å². The zero-order valence-corrected chi connectivity index (χ0v) is 18.2. The molecule has 5 nitrogen and oxygen atoms in total. The lowest BCUT2D eigenvalue weighted by atomic mass is 10.1. The van der Waals surface area contributed by atoms with E-state index >= 15 is 0 Å². The third-order valence-electron chi connectivity index (χ3n) is 4.62. The molecule has 0 spiro atoms. The van der Waals surface area contributed by atoms with Crippen LogP contribution in [0.3, 0.4) is 0 Å². The molecular formula is C23H22N4OS2. The quantitative estimate of drug-likeness (QED) is 0.400. The highest BCUT2D eigenvalue weighted by Gasteiger charge is 2.08. The second-order valence-corrected chi connectivity index (χ2v) is 8.94. The fourth-order valence-corrected chi connectivity index (χ4v) is 4.57. The minimum Gasteiger partial charge on any atom is -0.348 e. The molecule has 0 bridgehead atoms. The molecule has 0 radical (unpaired) electrons. The van der Waals surface area contributed by atoms with Crippen molar-refractivity contribution in [2.75, 3.05) is 0 Å². The number of aryl methyl sites for hydroxylation is 1. The molecule has 4 aromatic rings. The summed E-state index contributed by atoms with van der Waals surface area (Å²) in [7, 11) is 0. The zero-order chi connectivity index (χ0) is 20.8. The molecule has 0 aliphatic heterocycles. The molecule has 1 amide bonds. The van der Waals surface area contributed by atoms with Crippen molar-refractivity contribution in [1.29, 1.82) is 0 Å². The first-order valence-corrected chi connectivity index (χ1v) is 11.5. The Morgan fingerprint density at radius 2 is 1.90 bits per heavy atom. The van der Waals surface area contributed by atoms with Crippen LogP contribution in [0, 0.1) is 6.92 Å². The van der Waals surface area contributed by atoms with E-state index in [2.05, 4.69) is 26.8 Å². The first kappa shape index (κ1) is 20.4. The standard InChI is InChI=1S/C23H22N4OS2/c1-17-26-21(15-29-17)16-30-22-9-7-18(8-10-22)23(28)24-13-19-5-2-3-6-20(19)14-27-12-4-11-25-27/h2-12,15H,13-14,16H2,1H3,(H,24,28). The lowest BCUT2D eigenvalue weighted by Crippen LogP contribution is -2.23. The number of carbonyl (C=O) groups excluding carboxylic acids is 1. The number of nitrogens with one attached hydrogen (secondary N) is 1. The van der Waals surface area contributed by atoms with Gasteiger partial charge in [0, 0.05) is 40.5 Å². The number of thiazole rings is 1. The maximum Gasteiger partial charge on any atom is 0.251 e. The predicted molar refractivity (Wildman–Crippen MR) is 122 cm³/mol. The van der Waals surface area contributed by atoms with Crippen LogP contribution in [-0.4, -0.2) is 20.7 Å². The molecular weight excluding hydrogens is 412 g/mol. The van der Waals surface area contributed by atoms with Crippen LogP contribution in [0.15, 0.2) is 77.3 Å². The SMILES string of the molecule is Cc1nc(CSc2ccc(C(=O)NCc3ccccc3Cn3cccn3)cc2)cs1. The highest BCUT2D eigenvalue weighted by Crippen LogP contribution is 2.24. The average molecular weight is 435 g/mol. The van der Waals surface area contributed by atoms with Gasteiger partial charge in [0.15, 0.2) is 0 Å². The van der Waals surface area contributed by atoms with Crippen molar-refractivity contribution in [2.45, 2.75) is 30.7 Å². The Kier molecular flexibility index (Phi) is 6.61. The van der Waals surface area contributed by atoms with Gasteiger partial charge >= 0.3 is 0 Å². The van der Waals surface area contributed by atoms with Crippen LogP contribution in [0.1, 0.15) is 32.2 Å². The molecule has 4 rings (SSSR count). The van der Waals surface area contributed by atoms with E-state index in [1.807, 2.05) is 66.3 Å². The van der Waals surface area contributed by atoms with Crippen molar-refractivity contribution < 1.29 is 4.79 Å². The number of hydrogen-bond acceptors (Lipinski definition) is 5. The van der Waals surface area contributed by atoms with Crippen LogP contribution in [0.2, 0.25) is 0 Å². The Labute approximate surface area is 184 Å². The molecule has 152 valence electrons. The number of rotatable bonds is 8. The third kappa shape index (κ3) is 5.37. The van der Waals surface area contributed by atoms with Gasteiger partial charge in [-0.1, -0.05) is 24.3 Å². The molecule has 0 unspecified atom stereocenters. The summed E-state index contributed by atoms with van der Waals surface area (Å²) in [5.41, 5.74) is 3.99. The van der Waals surface area contributed by atoms with Crippen LogP contribution in [0.5, 0.6) is 0 Å². The summed E-state index contributed by atoms with van der Waals surface area (Å²) in [6.07, 6.45) is 3.70. The Bertz CT molecular complexity index is 1100. The fraction of sp³-hybridized carbons (Fsp3) is 0.174. The second kappa shape index (κ2) is 9.73. The minimum absolute atomic E-state index is 0.0735. The lowest BCUT2D eigenvalue weighted by molar-refractivity contribution is 0.0951. The maximum absolute atomic E-state index is 12.6. The normalized spacial score (nSPS) is 10.8. The number of benzene rings is 2. The highest BCUT2D eigenvalue weighted by atomic mass is 32.2. The van der Waals surface area contributed by atoms with Gasteiger partial charge in [-0.2, -0.15) is 5.10 Å². The van der Waals surface area contributed by atoms with Crippen LogP contribution in [-0.2, 0) is 18.8 Å². The summed E-state index contributed by atoms with van der Waals surface area (Å²) in [6.45, 7) is 3.18. The largest absolute Gasteiger partial charge is 0.348 e. The molecule has 7 heteroatoms. The van der Waals surface area contributed by atoms with Gasteiger partial charge in [-0.3, -0.25) is 9.48 Å². The fourth-order valence-electron chi connectivity index (χ4n) is 3.06. The van der Waals surface area contributed by atoms with Crippen molar-refractivity contribution in [3.8, 4) is 0 Å². The van der Waals surface area contributed by atoms with E-state index in [9.17, 15) is 4.79 Å². The van der Waals surface area contributed by atoms with E-state index in [1.165, 1.54) is 0 Å². The van der Waals surface area contributed by atoms with E-state index in [0.29, 0.717) is 18.7 Å². The van der Waals surface area contributed by atoms with Gasteiger partial charge in [0.25, 0.3) is 5.91 Å². The molecule has 2 aromatic heterocycles. The first-order chi connectivity index (χ1) is 14.7. The Hall–Kier alpha value is -2.90. The van der Waals surface area contributed by atoms with E-state index in [4.69, 9.17) is 0 Å². The molecule has 0 saturated heterocycles. The van der Waals surface area contributed by atoms with E-state index in [0.717, 1.165) is 32.5 Å². The van der Waals surface area contributed by atoms with Gasteiger partial charge in [0.05, 0.1) is 17.2 Å². The molecule has 1 N–H and O–H groups in total. The molecule has 2 aromatic carbocycles. The Balaban J connectivity index is 1.33. The summed E-state index contributed by atoms with van der Waals surface area (Å²) < 4.78 is 1.88. The van der Waals surface area contributed by atoms with E-state index in [1.54, 1.807) is 29.3 Å². The number of aromatic nitrogens is 3. The van der Waals surface area contributed by atoms with Crippen molar-refractivity contribution in [3.05, 3.63) is 99.8 Å². The smallest absolute Gasteiger partial charge is 0.251 e. The molecule has 0 saturated carbocycles. The highest BCUT2D eigenvalue weighted by molar-refractivity contribution is 7.98. The van der Waals surface area contributed by atoms with Crippen LogP contribution < -0.4 is 5.32 Å². The first-order valence-electron chi connectivity index (χ1n) is 9.63. The molecule has 0 atom stereocenters. The topological polar surface area (TPSA) is 59.8 Å².